The van der Waals surface area contributed by atoms with Gasteiger partial charge >= 0.3 is 6.09 Å². The molecule has 0 unspecified atom stereocenters. The molecule has 16 heteroatoms. The molecular weight excluding hydrogens is 666 g/mol. The van der Waals surface area contributed by atoms with Crippen LogP contribution in [0.3, 0.4) is 0 Å². The second-order valence-corrected chi connectivity index (χ2v) is 12.9. The second-order valence-electron chi connectivity index (χ2n) is 11.7. The highest BCUT2D eigenvalue weighted by Crippen LogP contribution is 2.66. The number of fused-ring (bicyclic) bond motifs is 4. The number of likely N-dealkylation sites (tertiary alicyclic amines) is 1. The number of anilines is 1. The third-order valence-corrected chi connectivity index (χ3v) is 10.8. The van der Waals surface area contributed by atoms with Gasteiger partial charge in [-0.05, 0) is 49.3 Å². The zero-order valence-electron chi connectivity index (χ0n) is 23.9. The quantitative estimate of drug-likeness (QED) is 0.117. The molecule has 6 atom stereocenters. The lowest BCUT2D eigenvalue weighted by molar-refractivity contribution is -0.138. The molecule has 0 aromatic heterocycles. The molecule has 6 rings (SSSR count). The first-order valence-corrected chi connectivity index (χ1v) is 14.4. The normalized spacial score (nSPS) is 30.3. The molecule has 2 heterocycles. The molecule has 2 aromatic rings. The number of aryl methyl sites for hydroxylation is 2. The van der Waals surface area contributed by atoms with Crippen molar-refractivity contribution in [1.29, 1.82) is 0 Å². The summed E-state index contributed by atoms with van der Waals surface area (Å²) in [6.45, 7) is 3.00. The lowest BCUT2D eigenvalue weighted by Gasteiger charge is -2.50. The van der Waals surface area contributed by atoms with E-state index in [-0.39, 0.29) is 39.3 Å². The molecule has 9 nitrogen and oxygen atoms in total. The summed E-state index contributed by atoms with van der Waals surface area (Å²) in [5, 5.41) is 10.5. The first kappa shape index (κ1) is 31.9. The van der Waals surface area contributed by atoms with E-state index < -0.39 is 104 Å². The topological polar surface area (TPSA) is 121 Å². The summed E-state index contributed by atoms with van der Waals surface area (Å²) < 4.78 is 77.3. The van der Waals surface area contributed by atoms with Crippen molar-refractivity contribution >= 4 is 58.6 Å². The number of amides is 5. The van der Waals surface area contributed by atoms with Gasteiger partial charge in [0, 0.05) is 5.92 Å². The average Bonchev–Trinajstić information content (AvgIpc) is 3.35. The molecule has 2 saturated heterocycles. The molecule has 2 aromatic carbocycles. The number of hydrogen-bond acceptors (Lipinski definition) is 7. The van der Waals surface area contributed by atoms with Crippen molar-refractivity contribution in [2.45, 2.75) is 42.4 Å². The molecule has 0 radical (unpaired) electrons. The number of methoxy groups -OCH3 is 1. The third-order valence-electron chi connectivity index (χ3n) is 9.43. The Kier molecular flexibility index (Phi) is 7.10. The van der Waals surface area contributed by atoms with Crippen molar-refractivity contribution in [3.8, 4) is 5.75 Å². The molecule has 1 saturated carbocycles. The zero-order valence-corrected chi connectivity index (χ0v) is 25.4. The number of phenols is 1. The van der Waals surface area contributed by atoms with Crippen LogP contribution in [0.5, 0.6) is 5.75 Å². The number of rotatable bonds is 2. The fourth-order valence-electron chi connectivity index (χ4n) is 7.37. The molecule has 2 aliphatic carbocycles. The van der Waals surface area contributed by atoms with E-state index in [1.54, 1.807) is 0 Å². The lowest BCUT2D eigenvalue weighted by atomic mass is 9.56. The van der Waals surface area contributed by atoms with Gasteiger partial charge in [0.15, 0.2) is 33.0 Å². The van der Waals surface area contributed by atoms with E-state index in [1.165, 1.54) is 32.1 Å². The van der Waals surface area contributed by atoms with Crippen LogP contribution in [-0.2, 0) is 23.9 Å². The van der Waals surface area contributed by atoms with Crippen LogP contribution in [0.25, 0.3) is 0 Å². The van der Waals surface area contributed by atoms with Crippen LogP contribution in [0.2, 0.25) is 0 Å². The van der Waals surface area contributed by atoms with Gasteiger partial charge in [-0.15, -0.1) is 23.2 Å². The molecule has 4 aliphatic rings. The van der Waals surface area contributed by atoms with E-state index in [1.807, 2.05) is 0 Å². The van der Waals surface area contributed by atoms with Gasteiger partial charge in [0.2, 0.25) is 17.6 Å². The predicted molar refractivity (Wildman–Crippen MR) is 148 cm³/mol. The molecule has 3 fully saturated rings. The summed E-state index contributed by atoms with van der Waals surface area (Å²) >= 11 is 14.1. The number of benzene rings is 2. The smallest absolute Gasteiger partial charge is 0.423 e. The number of nitrogens with zero attached hydrogens (tertiary/aromatic N) is 2. The minimum absolute atomic E-state index is 0.142. The van der Waals surface area contributed by atoms with Crippen molar-refractivity contribution in [3.05, 3.63) is 69.6 Å². The summed E-state index contributed by atoms with van der Waals surface area (Å²) in [6, 6.07) is 2.79. The van der Waals surface area contributed by atoms with Crippen molar-refractivity contribution < 1.29 is 55.8 Å². The molecule has 1 N–H and O–H groups in total. The number of imide groups is 4. The Morgan fingerprint density at radius 2 is 1.43 bits per heavy atom. The fraction of sp³-hybridized carbons (Fsp3) is 0.367. The van der Waals surface area contributed by atoms with Gasteiger partial charge in [0.1, 0.15) is 11.4 Å². The highest BCUT2D eigenvalue weighted by Gasteiger charge is 2.77. The van der Waals surface area contributed by atoms with E-state index >= 15 is 8.78 Å². The van der Waals surface area contributed by atoms with Crippen LogP contribution < -0.4 is 4.90 Å². The van der Waals surface area contributed by atoms with E-state index in [0.29, 0.717) is 4.90 Å². The Morgan fingerprint density at radius 1 is 0.891 bits per heavy atom. The van der Waals surface area contributed by atoms with E-state index in [4.69, 9.17) is 23.2 Å². The van der Waals surface area contributed by atoms with Gasteiger partial charge in [-0.25, -0.2) is 31.6 Å². The highest BCUT2D eigenvalue weighted by atomic mass is 35.5. The number of alkyl halides is 2. The Labute approximate surface area is 266 Å². The Bertz CT molecular complexity index is 1820. The van der Waals surface area contributed by atoms with Crippen molar-refractivity contribution in [2.24, 2.45) is 17.8 Å². The predicted octanol–water partition coefficient (Wildman–Crippen LogP) is 5.03. The summed E-state index contributed by atoms with van der Waals surface area (Å²) in [5.74, 6) is -22.9. The van der Waals surface area contributed by atoms with Crippen LogP contribution in [0.15, 0.2) is 23.8 Å². The number of carbonyl (C=O) groups is 5. The second kappa shape index (κ2) is 10.2. The third kappa shape index (κ3) is 3.76. The summed E-state index contributed by atoms with van der Waals surface area (Å²) in [7, 11) is 0.951. The fourth-order valence-corrected chi connectivity index (χ4v) is 8.30. The van der Waals surface area contributed by atoms with Crippen molar-refractivity contribution in [2.75, 3.05) is 12.0 Å². The molecule has 46 heavy (non-hydrogen) atoms. The minimum atomic E-state index is -2.71. The van der Waals surface area contributed by atoms with Crippen LogP contribution in [-0.4, -0.2) is 56.6 Å². The molecular formula is C30H21Cl2F5N2O7. The van der Waals surface area contributed by atoms with Crippen LogP contribution in [0.1, 0.15) is 35.4 Å². The van der Waals surface area contributed by atoms with Gasteiger partial charge < -0.3 is 9.84 Å². The number of hydrogen-bond donors (Lipinski definition) is 1. The molecule has 242 valence electrons. The number of ether oxygens (including phenoxy) is 1. The molecule has 0 bridgehead atoms. The van der Waals surface area contributed by atoms with Crippen molar-refractivity contribution in [1.82, 2.24) is 4.90 Å². The maximum Gasteiger partial charge on any atom is 0.423 e. The first-order chi connectivity index (χ1) is 21.4. The highest BCUT2D eigenvalue weighted by molar-refractivity contribution is 6.58. The summed E-state index contributed by atoms with van der Waals surface area (Å²) in [4.78, 5) is 62.1. The van der Waals surface area contributed by atoms with E-state index in [2.05, 4.69) is 4.74 Å². The molecule has 5 amide bonds. The number of halogens is 7. The lowest BCUT2D eigenvalue weighted by Crippen LogP contribution is -2.60. The van der Waals surface area contributed by atoms with Crippen LogP contribution >= 0.6 is 23.2 Å². The van der Waals surface area contributed by atoms with Gasteiger partial charge in [0.05, 0.1) is 18.9 Å². The zero-order chi connectivity index (χ0) is 33.9. The Hall–Kier alpha value is -4.04. The number of phenolic OH excluding ortho intramolecular Hbond substituents is 1. The largest absolute Gasteiger partial charge is 0.507 e. The first-order valence-electron chi connectivity index (χ1n) is 13.7. The van der Waals surface area contributed by atoms with E-state index in [9.17, 15) is 42.3 Å². The standard InChI is InChI=1S/C30H21Cl2F5N2O7/c1-9-6-11(7-10(2)23(9)40)16-12-4-5-13-15(25(42)39(24(13)41)28(45)46-3)14(12)8-29(31)26(43)38(27(44)30(16,29)32)22-20(36)18(34)17(33)19(35)21(22)37/h4,6-7,13-16,40H,5,8H2,1-3H3/t13-,14+,15-,16-,29+,30-/m0/s1. The molecule has 2 aliphatic heterocycles. The van der Waals surface area contributed by atoms with Crippen molar-refractivity contribution in [3.63, 3.8) is 0 Å². The summed E-state index contributed by atoms with van der Waals surface area (Å²) in [6.07, 6.45) is -0.644. The Balaban J connectivity index is 1.61. The number of carbonyl (C=O) groups excluding carboxylic acids is 5. The minimum Gasteiger partial charge on any atom is -0.507 e. The number of allylic oxidation sites excluding steroid dienone is 2. The molecule has 0 spiro atoms. The monoisotopic (exact) mass is 686 g/mol. The van der Waals surface area contributed by atoms with Crippen LogP contribution in [0, 0.1) is 60.7 Å². The van der Waals surface area contributed by atoms with Crippen LogP contribution in [0.4, 0.5) is 32.4 Å². The SMILES string of the molecule is COC(=O)N1C(=O)[C@H]2[C@H](CC=C3[C@H]2C[C@@]2(Cl)C(=O)N(c4c(F)c(F)c(F)c(F)c4F)C(=O)[C@@]2(Cl)[C@H]3c2cc(C)c(O)c(C)c2)C1=O. The van der Waals surface area contributed by atoms with Gasteiger partial charge in [0.25, 0.3) is 11.8 Å². The Morgan fingerprint density at radius 3 is 1.98 bits per heavy atom. The maximum absolute atomic E-state index is 15.1. The van der Waals surface area contributed by atoms with Gasteiger partial charge in [-0.2, -0.15) is 4.90 Å². The maximum atomic E-state index is 15.1. The van der Waals surface area contributed by atoms with Gasteiger partial charge in [-0.1, -0.05) is 23.8 Å². The average molecular weight is 687 g/mol. The number of aromatic hydroxyl groups is 1. The van der Waals surface area contributed by atoms with Gasteiger partial charge in [-0.3, -0.25) is 19.2 Å². The van der Waals surface area contributed by atoms with E-state index in [0.717, 1.165) is 7.11 Å². The summed E-state index contributed by atoms with van der Waals surface area (Å²) in [5.41, 5.74) is -1.01.